The minimum atomic E-state index is 0.00871. The zero-order chi connectivity index (χ0) is 14.4. The smallest absolute Gasteiger partial charge is 0.267 e. The standard InChI is InChI=1S/C13H24N4OS/c1-5-6-11-12(19-16-15-11)13(18)17(4)8-7-10(14)9(2)3/h9-10H,5-8,14H2,1-4H3. The number of carbonyl (C=O) groups is 1. The van der Waals surface area contributed by atoms with Crippen molar-refractivity contribution in [3.63, 3.8) is 0 Å². The Morgan fingerprint density at radius 1 is 1.47 bits per heavy atom. The Balaban J connectivity index is 2.59. The summed E-state index contributed by atoms with van der Waals surface area (Å²) >= 11 is 1.18. The summed E-state index contributed by atoms with van der Waals surface area (Å²) in [4.78, 5) is 14.7. The van der Waals surface area contributed by atoms with Crippen molar-refractivity contribution in [3.05, 3.63) is 10.6 Å². The van der Waals surface area contributed by atoms with Gasteiger partial charge in [-0.25, -0.2) is 0 Å². The number of amides is 1. The van der Waals surface area contributed by atoms with E-state index in [1.807, 2.05) is 7.05 Å². The molecule has 1 atom stereocenters. The first-order chi connectivity index (χ1) is 8.97. The molecule has 108 valence electrons. The van der Waals surface area contributed by atoms with E-state index in [1.165, 1.54) is 11.5 Å². The predicted molar refractivity (Wildman–Crippen MR) is 78.3 cm³/mol. The quantitative estimate of drug-likeness (QED) is 0.830. The van der Waals surface area contributed by atoms with Gasteiger partial charge in [-0.15, -0.1) is 5.10 Å². The van der Waals surface area contributed by atoms with E-state index in [0.29, 0.717) is 17.3 Å². The maximum absolute atomic E-state index is 12.3. The Kier molecular flexibility index (Phi) is 6.37. The number of nitrogens with zero attached hydrogens (tertiary/aromatic N) is 3. The maximum Gasteiger partial charge on any atom is 0.267 e. The fraction of sp³-hybridized carbons (Fsp3) is 0.769. The molecule has 1 aromatic rings. The molecule has 19 heavy (non-hydrogen) atoms. The summed E-state index contributed by atoms with van der Waals surface area (Å²) in [6, 6.07) is 0.130. The van der Waals surface area contributed by atoms with Crippen molar-refractivity contribution in [2.24, 2.45) is 11.7 Å². The molecule has 0 spiro atoms. The fourth-order valence-corrected chi connectivity index (χ4v) is 2.43. The molecule has 0 aliphatic carbocycles. The van der Waals surface area contributed by atoms with Crippen LogP contribution in [0.4, 0.5) is 0 Å². The maximum atomic E-state index is 12.3. The molecule has 0 saturated heterocycles. The van der Waals surface area contributed by atoms with Gasteiger partial charge in [0.2, 0.25) is 0 Å². The number of hydrogen-bond donors (Lipinski definition) is 1. The van der Waals surface area contributed by atoms with Gasteiger partial charge in [-0.05, 0) is 30.3 Å². The van der Waals surface area contributed by atoms with Crippen LogP contribution in [0.2, 0.25) is 0 Å². The van der Waals surface area contributed by atoms with Crippen molar-refractivity contribution in [3.8, 4) is 0 Å². The molecule has 0 radical (unpaired) electrons. The molecular weight excluding hydrogens is 260 g/mol. The summed E-state index contributed by atoms with van der Waals surface area (Å²) in [7, 11) is 1.81. The van der Waals surface area contributed by atoms with Crippen LogP contribution in [0.1, 0.15) is 49.0 Å². The summed E-state index contributed by atoms with van der Waals surface area (Å²) in [5.41, 5.74) is 6.82. The van der Waals surface area contributed by atoms with Crippen molar-refractivity contribution < 1.29 is 4.79 Å². The van der Waals surface area contributed by atoms with Gasteiger partial charge in [-0.1, -0.05) is 31.7 Å². The molecule has 0 fully saturated rings. The molecule has 0 aromatic carbocycles. The summed E-state index contributed by atoms with van der Waals surface area (Å²) in [6.07, 6.45) is 2.58. The first-order valence-electron chi connectivity index (χ1n) is 6.79. The largest absolute Gasteiger partial charge is 0.341 e. The van der Waals surface area contributed by atoms with Gasteiger partial charge in [0, 0.05) is 19.6 Å². The third kappa shape index (κ3) is 4.54. The summed E-state index contributed by atoms with van der Waals surface area (Å²) < 4.78 is 3.89. The zero-order valence-electron chi connectivity index (χ0n) is 12.2. The van der Waals surface area contributed by atoms with Gasteiger partial charge in [0.25, 0.3) is 5.91 Å². The minimum Gasteiger partial charge on any atom is -0.341 e. The van der Waals surface area contributed by atoms with Gasteiger partial charge in [0.05, 0.1) is 5.69 Å². The molecule has 1 heterocycles. The molecule has 1 aromatic heterocycles. The van der Waals surface area contributed by atoms with E-state index in [4.69, 9.17) is 5.73 Å². The highest BCUT2D eigenvalue weighted by Gasteiger charge is 2.20. The molecular formula is C13H24N4OS. The topological polar surface area (TPSA) is 72.1 Å². The summed E-state index contributed by atoms with van der Waals surface area (Å²) in [5.74, 6) is 0.443. The minimum absolute atomic E-state index is 0.00871. The molecule has 2 N–H and O–H groups in total. The number of hydrogen-bond acceptors (Lipinski definition) is 5. The van der Waals surface area contributed by atoms with E-state index >= 15 is 0 Å². The van der Waals surface area contributed by atoms with Crippen LogP contribution in [0.3, 0.4) is 0 Å². The molecule has 0 saturated carbocycles. The lowest BCUT2D eigenvalue weighted by atomic mass is 10.0. The van der Waals surface area contributed by atoms with Crippen molar-refractivity contribution in [1.82, 2.24) is 14.5 Å². The highest BCUT2D eigenvalue weighted by molar-refractivity contribution is 7.07. The lowest BCUT2D eigenvalue weighted by Gasteiger charge is -2.21. The predicted octanol–water partition coefficient (Wildman–Crippen LogP) is 1.94. The third-order valence-electron chi connectivity index (χ3n) is 3.24. The normalized spacial score (nSPS) is 12.7. The summed E-state index contributed by atoms with van der Waals surface area (Å²) in [5, 5.41) is 4.03. The molecule has 0 aliphatic heterocycles. The van der Waals surface area contributed by atoms with Gasteiger partial charge in [0.15, 0.2) is 0 Å². The van der Waals surface area contributed by atoms with Crippen LogP contribution >= 0.6 is 11.5 Å². The molecule has 1 unspecified atom stereocenters. The first-order valence-corrected chi connectivity index (χ1v) is 7.57. The van der Waals surface area contributed by atoms with Crippen molar-refractivity contribution >= 4 is 17.4 Å². The van der Waals surface area contributed by atoms with Crippen LogP contribution in [0, 0.1) is 5.92 Å². The van der Waals surface area contributed by atoms with Crippen LogP contribution < -0.4 is 5.73 Å². The lowest BCUT2D eigenvalue weighted by Crippen LogP contribution is -2.34. The number of aromatic nitrogens is 2. The zero-order valence-corrected chi connectivity index (χ0v) is 13.0. The Bertz CT molecular complexity index is 405. The number of rotatable bonds is 7. The highest BCUT2D eigenvalue weighted by atomic mass is 32.1. The van der Waals surface area contributed by atoms with Crippen molar-refractivity contribution in [2.75, 3.05) is 13.6 Å². The van der Waals surface area contributed by atoms with E-state index in [2.05, 4.69) is 30.4 Å². The first kappa shape index (κ1) is 16.0. The fourth-order valence-electron chi connectivity index (χ4n) is 1.72. The van der Waals surface area contributed by atoms with Crippen LogP contribution in [0.25, 0.3) is 0 Å². The molecule has 6 heteroatoms. The van der Waals surface area contributed by atoms with Crippen molar-refractivity contribution in [2.45, 2.75) is 46.1 Å². The molecule has 0 aliphatic rings. The number of carbonyl (C=O) groups excluding carboxylic acids is 1. The second-order valence-electron chi connectivity index (χ2n) is 5.22. The van der Waals surface area contributed by atoms with Crippen molar-refractivity contribution in [1.29, 1.82) is 0 Å². The Morgan fingerprint density at radius 3 is 2.74 bits per heavy atom. The molecule has 0 bridgehead atoms. The summed E-state index contributed by atoms with van der Waals surface area (Å²) in [6.45, 7) is 6.93. The highest BCUT2D eigenvalue weighted by Crippen LogP contribution is 2.15. The SMILES string of the molecule is CCCc1nnsc1C(=O)N(C)CCC(N)C(C)C. The van der Waals surface area contributed by atoms with Gasteiger partial charge in [0.1, 0.15) is 4.88 Å². The van der Waals surface area contributed by atoms with Gasteiger partial charge < -0.3 is 10.6 Å². The van der Waals surface area contributed by atoms with Crippen LogP contribution in [0.15, 0.2) is 0 Å². The van der Waals surface area contributed by atoms with E-state index in [0.717, 1.165) is 25.0 Å². The van der Waals surface area contributed by atoms with Gasteiger partial charge in [-0.3, -0.25) is 4.79 Å². The van der Waals surface area contributed by atoms with Crippen LogP contribution in [0.5, 0.6) is 0 Å². The second-order valence-corrected chi connectivity index (χ2v) is 5.98. The second kappa shape index (κ2) is 7.55. The number of aryl methyl sites for hydroxylation is 1. The van der Waals surface area contributed by atoms with Crippen LogP contribution in [-0.2, 0) is 6.42 Å². The molecule has 1 amide bonds. The van der Waals surface area contributed by atoms with Gasteiger partial charge >= 0.3 is 0 Å². The number of nitrogens with two attached hydrogens (primary N) is 1. The molecule has 1 rings (SSSR count). The van der Waals surface area contributed by atoms with E-state index in [-0.39, 0.29) is 11.9 Å². The van der Waals surface area contributed by atoms with Gasteiger partial charge in [-0.2, -0.15) is 0 Å². The Morgan fingerprint density at radius 2 is 2.16 bits per heavy atom. The monoisotopic (exact) mass is 284 g/mol. The average molecular weight is 284 g/mol. The third-order valence-corrected chi connectivity index (χ3v) is 3.99. The average Bonchev–Trinajstić information content (AvgIpc) is 2.83. The van der Waals surface area contributed by atoms with Crippen LogP contribution in [-0.4, -0.2) is 40.0 Å². The Labute approximate surface area is 119 Å². The Hall–Kier alpha value is -1.01. The van der Waals surface area contributed by atoms with E-state index in [1.54, 1.807) is 4.90 Å². The lowest BCUT2D eigenvalue weighted by molar-refractivity contribution is 0.0792. The van der Waals surface area contributed by atoms with E-state index in [9.17, 15) is 4.79 Å². The van der Waals surface area contributed by atoms with E-state index < -0.39 is 0 Å². The molecule has 5 nitrogen and oxygen atoms in total.